The Morgan fingerprint density at radius 2 is 0.738 bits per heavy atom. The Morgan fingerprint density at radius 1 is 0.262 bits per heavy atom. The molecule has 0 N–H and O–H groups in total. The Bertz CT molecular complexity index is 2550. The van der Waals surface area contributed by atoms with E-state index in [1.807, 2.05) is 18.2 Å². The number of hydrogen-bond acceptors (Lipinski definition) is 2. The van der Waals surface area contributed by atoms with Gasteiger partial charge in [-0.05, 0) is 67.9 Å². The molecule has 10 rings (SSSR count). The molecule has 194 valence electrons. The molecule has 7 aromatic carbocycles. The molecule has 0 radical (unpaired) electrons. The first kappa shape index (κ1) is 22.1. The highest BCUT2D eigenvalue weighted by molar-refractivity contribution is 6.23. The fourth-order valence-corrected chi connectivity index (χ4v) is 7.33. The molecule has 0 saturated heterocycles. The molecule has 0 saturated carbocycles. The zero-order valence-corrected chi connectivity index (χ0v) is 22.5. The van der Waals surface area contributed by atoms with Crippen LogP contribution in [0.2, 0.25) is 0 Å². The van der Waals surface area contributed by atoms with Crippen LogP contribution in [0.25, 0.3) is 99.2 Å². The monoisotopic (exact) mass is 534 g/mol. The standard InChI is InChI=1S/C40H22O2/c1-2-10-24-23(9-1)26-12-5-13-27-25(21-22-30(24)37(26)27)28-14-7-20-36-39(28)33-17-6-16-31(40(33)42-36)29-15-8-19-35-38(29)32-11-3-4-18-34(32)41-35/h1-22H. The number of benzene rings is 7. The fraction of sp³-hybridized carbons (Fsp3) is 0. The third kappa shape index (κ3) is 2.78. The summed E-state index contributed by atoms with van der Waals surface area (Å²) in [6.45, 7) is 0. The summed E-state index contributed by atoms with van der Waals surface area (Å²) in [4.78, 5) is 0. The largest absolute Gasteiger partial charge is 0.456 e. The van der Waals surface area contributed by atoms with Crippen molar-refractivity contribution < 1.29 is 8.83 Å². The molecule has 0 spiro atoms. The second-order valence-corrected chi connectivity index (χ2v) is 11.2. The first-order valence-electron chi connectivity index (χ1n) is 14.4. The molecule has 2 aromatic heterocycles. The molecule has 1 aliphatic carbocycles. The van der Waals surface area contributed by atoms with Crippen molar-refractivity contribution in [2.24, 2.45) is 0 Å². The van der Waals surface area contributed by atoms with Crippen molar-refractivity contribution in [3.63, 3.8) is 0 Å². The van der Waals surface area contributed by atoms with Gasteiger partial charge in [0.25, 0.3) is 0 Å². The SMILES string of the molecule is c1ccc2c(c1)-c1cccc3c(-c4cccc5oc6c(-c7cccc8oc9ccccc9c78)cccc6c45)ccc-2c13. The lowest BCUT2D eigenvalue weighted by Gasteiger charge is -2.11. The molecule has 0 bridgehead atoms. The summed E-state index contributed by atoms with van der Waals surface area (Å²) >= 11 is 0. The maximum atomic E-state index is 6.73. The van der Waals surface area contributed by atoms with Crippen LogP contribution in [0.1, 0.15) is 0 Å². The molecule has 1 aliphatic rings. The summed E-state index contributed by atoms with van der Waals surface area (Å²) in [5.41, 5.74) is 13.4. The number of rotatable bonds is 2. The average Bonchev–Trinajstić information content (AvgIpc) is 3.72. The van der Waals surface area contributed by atoms with Crippen LogP contribution in [0.5, 0.6) is 0 Å². The van der Waals surface area contributed by atoms with Gasteiger partial charge >= 0.3 is 0 Å². The number of furan rings is 2. The highest BCUT2D eigenvalue weighted by Crippen LogP contribution is 2.50. The molecule has 42 heavy (non-hydrogen) atoms. The normalized spacial score (nSPS) is 12.3. The van der Waals surface area contributed by atoms with Crippen LogP contribution in [-0.4, -0.2) is 0 Å². The first-order chi connectivity index (χ1) is 20.8. The van der Waals surface area contributed by atoms with Gasteiger partial charge < -0.3 is 8.83 Å². The van der Waals surface area contributed by atoms with Crippen LogP contribution in [0.4, 0.5) is 0 Å². The van der Waals surface area contributed by atoms with Gasteiger partial charge in [0.2, 0.25) is 0 Å². The summed E-state index contributed by atoms with van der Waals surface area (Å²) in [6, 6.07) is 47.5. The molecule has 2 heteroatoms. The Balaban J connectivity index is 1.26. The molecule has 0 unspecified atom stereocenters. The summed E-state index contributed by atoms with van der Waals surface area (Å²) in [5.74, 6) is 0. The van der Waals surface area contributed by atoms with E-state index >= 15 is 0 Å². The van der Waals surface area contributed by atoms with Crippen LogP contribution < -0.4 is 0 Å². The number of fused-ring (bicyclic) bond motifs is 9. The van der Waals surface area contributed by atoms with Gasteiger partial charge in [-0.15, -0.1) is 0 Å². The van der Waals surface area contributed by atoms with Gasteiger partial charge in [-0.2, -0.15) is 0 Å². The van der Waals surface area contributed by atoms with E-state index in [2.05, 4.69) is 115 Å². The average molecular weight is 535 g/mol. The van der Waals surface area contributed by atoms with Gasteiger partial charge in [0.15, 0.2) is 0 Å². The van der Waals surface area contributed by atoms with Gasteiger partial charge in [-0.3, -0.25) is 0 Å². The van der Waals surface area contributed by atoms with E-state index in [1.165, 1.54) is 44.2 Å². The van der Waals surface area contributed by atoms with E-state index in [-0.39, 0.29) is 0 Å². The predicted molar refractivity (Wildman–Crippen MR) is 174 cm³/mol. The van der Waals surface area contributed by atoms with Gasteiger partial charge in [-0.1, -0.05) is 115 Å². The van der Waals surface area contributed by atoms with Crippen molar-refractivity contribution in [1.29, 1.82) is 0 Å². The maximum Gasteiger partial charge on any atom is 0.143 e. The summed E-state index contributed by atoms with van der Waals surface area (Å²) in [5, 5.41) is 7.11. The van der Waals surface area contributed by atoms with Crippen LogP contribution >= 0.6 is 0 Å². The Kier molecular flexibility index (Phi) is 4.21. The molecule has 0 fully saturated rings. The lowest BCUT2D eigenvalue weighted by Crippen LogP contribution is -1.85. The second kappa shape index (κ2) is 7.99. The van der Waals surface area contributed by atoms with Gasteiger partial charge in [0, 0.05) is 27.1 Å². The first-order valence-corrected chi connectivity index (χ1v) is 14.4. The second-order valence-electron chi connectivity index (χ2n) is 11.2. The van der Waals surface area contributed by atoms with E-state index in [4.69, 9.17) is 8.83 Å². The number of hydrogen-bond donors (Lipinski definition) is 0. The predicted octanol–water partition coefficient (Wildman–Crippen LogP) is 11.6. The topological polar surface area (TPSA) is 26.3 Å². The maximum absolute atomic E-state index is 6.73. The van der Waals surface area contributed by atoms with Gasteiger partial charge in [0.05, 0.1) is 0 Å². The summed E-state index contributed by atoms with van der Waals surface area (Å²) < 4.78 is 13.0. The lowest BCUT2D eigenvalue weighted by atomic mass is 9.91. The summed E-state index contributed by atoms with van der Waals surface area (Å²) in [7, 11) is 0. The van der Waals surface area contributed by atoms with E-state index < -0.39 is 0 Å². The molecular formula is C40H22O2. The molecule has 2 heterocycles. The van der Waals surface area contributed by atoms with E-state index in [0.29, 0.717) is 0 Å². The molecule has 2 nitrogen and oxygen atoms in total. The zero-order chi connectivity index (χ0) is 27.4. The minimum absolute atomic E-state index is 0.886. The quantitative estimate of drug-likeness (QED) is 0.220. The van der Waals surface area contributed by atoms with Crippen LogP contribution in [0.15, 0.2) is 142 Å². The van der Waals surface area contributed by atoms with E-state index in [9.17, 15) is 0 Å². The van der Waals surface area contributed by atoms with Crippen LogP contribution in [0, 0.1) is 0 Å². The zero-order valence-electron chi connectivity index (χ0n) is 22.5. The van der Waals surface area contributed by atoms with Crippen molar-refractivity contribution >= 4 is 54.6 Å². The Hall–Kier alpha value is -5.60. The van der Waals surface area contributed by atoms with Crippen molar-refractivity contribution in [1.82, 2.24) is 0 Å². The molecule has 0 aliphatic heterocycles. The molecule has 9 aromatic rings. The van der Waals surface area contributed by atoms with Crippen LogP contribution in [-0.2, 0) is 0 Å². The molecule has 0 atom stereocenters. The van der Waals surface area contributed by atoms with Crippen LogP contribution in [0.3, 0.4) is 0 Å². The van der Waals surface area contributed by atoms with E-state index in [0.717, 1.165) is 55.0 Å². The highest BCUT2D eigenvalue weighted by Gasteiger charge is 2.24. The lowest BCUT2D eigenvalue weighted by molar-refractivity contribution is 0.668. The molecule has 0 amide bonds. The number of para-hydroxylation sites is 2. The molecular weight excluding hydrogens is 512 g/mol. The third-order valence-corrected chi connectivity index (χ3v) is 9.05. The Labute approximate surface area is 241 Å². The Morgan fingerprint density at radius 3 is 1.55 bits per heavy atom. The summed E-state index contributed by atoms with van der Waals surface area (Å²) in [6.07, 6.45) is 0. The van der Waals surface area contributed by atoms with Crippen molar-refractivity contribution in [2.45, 2.75) is 0 Å². The fourth-order valence-electron chi connectivity index (χ4n) is 7.33. The minimum atomic E-state index is 0.886. The van der Waals surface area contributed by atoms with Crippen molar-refractivity contribution in [3.05, 3.63) is 133 Å². The van der Waals surface area contributed by atoms with Gasteiger partial charge in [-0.25, -0.2) is 0 Å². The van der Waals surface area contributed by atoms with Crippen molar-refractivity contribution in [2.75, 3.05) is 0 Å². The van der Waals surface area contributed by atoms with Crippen molar-refractivity contribution in [3.8, 4) is 44.5 Å². The highest BCUT2D eigenvalue weighted by atomic mass is 16.3. The minimum Gasteiger partial charge on any atom is -0.456 e. The third-order valence-electron chi connectivity index (χ3n) is 9.05. The van der Waals surface area contributed by atoms with E-state index in [1.54, 1.807) is 0 Å². The smallest absolute Gasteiger partial charge is 0.143 e. The van der Waals surface area contributed by atoms with Gasteiger partial charge in [0.1, 0.15) is 22.3 Å².